The highest BCUT2D eigenvalue weighted by Crippen LogP contribution is 2.44. The Balaban J connectivity index is 2.31. The summed E-state index contributed by atoms with van der Waals surface area (Å²) >= 11 is 0. The van der Waals surface area contributed by atoms with Crippen LogP contribution < -0.4 is 10.3 Å². The van der Waals surface area contributed by atoms with E-state index < -0.39 is 27.3 Å². The first-order valence-corrected chi connectivity index (χ1v) is 9.52. The van der Waals surface area contributed by atoms with Crippen LogP contribution in [0.4, 0.5) is 5.69 Å². The molecule has 2 aromatic rings. The molecule has 0 radical (unpaired) electrons. The second-order valence-electron chi connectivity index (χ2n) is 7.26. The van der Waals surface area contributed by atoms with Gasteiger partial charge in [0, 0.05) is 29.2 Å². The fourth-order valence-electron chi connectivity index (χ4n) is 3.45. The molecule has 1 aliphatic rings. The van der Waals surface area contributed by atoms with Gasteiger partial charge in [-0.15, -0.1) is 0 Å². The number of aryl methyl sites for hydroxylation is 1. The SMILES string of the molecule is C[n+]1ccc([C@@H]2c3cc(N)ccc3S(=O)(=O)CC(C)(C)[C@@H]2O)cc1. The number of anilines is 1. The van der Waals surface area contributed by atoms with E-state index in [4.69, 9.17) is 5.73 Å². The standard InChI is InChI=1S/C18H23N2O3S/c1-18(2)11-24(22,23)15-5-4-13(19)10-14(15)16(17(18)21)12-6-8-20(3)9-7-12/h4-10,16-17,21H,11,19H2,1-3H3/q+1/t16-,17-/m1/s1. The van der Waals surface area contributed by atoms with Gasteiger partial charge in [-0.05, 0) is 29.3 Å². The van der Waals surface area contributed by atoms with E-state index in [-0.39, 0.29) is 10.6 Å². The van der Waals surface area contributed by atoms with Crippen molar-refractivity contribution in [3.05, 3.63) is 53.9 Å². The zero-order chi connectivity index (χ0) is 17.7. The summed E-state index contributed by atoms with van der Waals surface area (Å²) in [5.74, 6) is -0.549. The van der Waals surface area contributed by atoms with Crippen molar-refractivity contribution in [2.45, 2.75) is 30.8 Å². The van der Waals surface area contributed by atoms with E-state index in [1.54, 1.807) is 32.0 Å². The van der Waals surface area contributed by atoms with Gasteiger partial charge in [0.1, 0.15) is 7.05 Å². The van der Waals surface area contributed by atoms with Gasteiger partial charge in [-0.1, -0.05) is 13.8 Å². The Morgan fingerprint density at radius 1 is 1.21 bits per heavy atom. The van der Waals surface area contributed by atoms with Crippen LogP contribution in [0.2, 0.25) is 0 Å². The number of benzene rings is 1. The number of aliphatic hydroxyl groups excluding tert-OH is 1. The third-order valence-electron chi connectivity index (χ3n) is 4.75. The molecular weight excluding hydrogens is 324 g/mol. The normalized spacial score (nSPS) is 24.8. The molecule has 3 N–H and O–H groups in total. The van der Waals surface area contributed by atoms with Crippen molar-refractivity contribution in [2.24, 2.45) is 12.5 Å². The highest BCUT2D eigenvalue weighted by Gasteiger charge is 2.45. The van der Waals surface area contributed by atoms with Gasteiger partial charge in [-0.25, -0.2) is 13.0 Å². The first-order chi connectivity index (χ1) is 11.1. The summed E-state index contributed by atoms with van der Waals surface area (Å²) in [5, 5.41) is 11.1. The molecule has 3 rings (SSSR count). The summed E-state index contributed by atoms with van der Waals surface area (Å²) in [5.41, 5.74) is 7.07. The van der Waals surface area contributed by atoms with Gasteiger partial charge in [0.2, 0.25) is 0 Å². The summed E-state index contributed by atoms with van der Waals surface area (Å²) in [6, 6.07) is 8.66. The molecule has 0 fully saturated rings. The number of hydrogen-bond donors (Lipinski definition) is 2. The predicted octanol–water partition coefficient (Wildman–Crippen LogP) is 1.40. The van der Waals surface area contributed by atoms with Gasteiger partial charge >= 0.3 is 0 Å². The Kier molecular flexibility index (Phi) is 3.92. The van der Waals surface area contributed by atoms with Crippen LogP contribution in [0.3, 0.4) is 0 Å². The van der Waals surface area contributed by atoms with Crippen LogP contribution in [0, 0.1) is 5.41 Å². The summed E-state index contributed by atoms with van der Waals surface area (Å²) in [7, 11) is -1.60. The molecule has 0 saturated heterocycles. The van der Waals surface area contributed by atoms with Gasteiger partial charge < -0.3 is 10.8 Å². The van der Waals surface area contributed by atoms with E-state index >= 15 is 0 Å². The molecular formula is C18H23N2O3S+. The Hall–Kier alpha value is -1.92. The molecule has 0 amide bonds. The molecule has 128 valence electrons. The Bertz CT molecular complexity index is 874. The predicted molar refractivity (Wildman–Crippen MR) is 92.2 cm³/mol. The number of aliphatic hydroxyl groups is 1. The molecule has 24 heavy (non-hydrogen) atoms. The molecule has 0 unspecified atom stereocenters. The van der Waals surface area contributed by atoms with Crippen LogP contribution in [0.15, 0.2) is 47.6 Å². The smallest absolute Gasteiger partial charge is 0.179 e. The van der Waals surface area contributed by atoms with Crippen molar-refractivity contribution >= 4 is 15.5 Å². The maximum atomic E-state index is 12.8. The first kappa shape index (κ1) is 16.9. The minimum Gasteiger partial charge on any atom is -0.399 e. The number of aromatic nitrogens is 1. The number of fused-ring (bicyclic) bond motifs is 1. The highest BCUT2D eigenvalue weighted by atomic mass is 32.2. The third-order valence-corrected chi connectivity index (χ3v) is 6.91. The number of pyridine rings is 1. The number of hydrogen-bond acceptors (Lipinski definition) is 4. The Morgan fingerprint density at radius 3 is 2.46 bits per heavy atom. The van der Waals surface area contributed by atoms with E-state index in [1.165, 1.54) is 0 Å². The van der Waals surface area contributed by atoms with Crippen molar-refractivity contribution in [1.82, 2.24) is 0 Å². The highest BCUT2D eigenvalue weighted by molar-refractivity contribution is 7.91. The van der Waals surface area contributed by atoms with Crippen LogP contribution in [-0.2, 0) is 16.9 Å². The largest absolute Gasteiger partial charge is 0.399 e. The van der Waals surface area contributed by atoms with E-state index in [2.05, 4.69) is 0 Å². The molecule has 5 nitrogen and oxygen atoms in total. The van der Waals surface area contributed by atoms with Gasteiger partial charge in [0.25, 0.3) is 0 Å². The average molecular weight is 347 g/mol. The van der Waals surface area contributed by atoms with Crippen LogP contribution in [-0.4, -0.2) is 25.4 Å². The summed E-state index contributed by atoms with van der Waals surface area (Å²) < 4.78 is 27.6. The van der Waals surface area contributed by atoms with Gasteiger partial charge in [0.05, 0.1) is 16.8 Å². The first-order valence-electron chi connectivity index (χ1n) is 7.87. The number of nitrogens with two attached hydrogens (primary N) is 1. The van der Waals surface area contributed by atoms with Gasteiger partial charge in [-0.2, -0.15) is 0 Å². The number of nitrogens with zero attached hydrogens (tertiary/aromatic N) is 1. The number of nitrogen functional groups attached to an aromatic ring is 1. The average Bonchev–Trinajstić information content (AvgIpc) is 2.53. The third kappa shape index (κ3) is 2.80. The lowest BCUT2D eigenvalue weighted by atomic mass is 9.75. The Morgan fingerprint density at radius 2 is 1.83 bits per heavy atom. The quantitative estimate of drug-likeness (QED) is 0.603. The lowest BCUT2D eigenvalue weighted by molar-refractivity contribution is -0.671. The van der Waals surface area contributed by atoms with E-state index in [9.17, 15) is 13.5 Å². The van der Waals surface area contributed by atoms with Crippen molar-refractivity contribution in [1.29, 1.82) is 0 Å². The van der Waals surface area contributed by atoms with Crippen molar-refractivity contribution < 1.29 is 18.1 Å². The molecule has 1 aromatic heterocycles. The van der Waals surface area contributed by atoms with Crippen molar-refractivity contribution in [2.75, 3.05) is 11.5 Å². The monoisotopic (exact) mass is 347 g/mol. The minimum atomic E-state index is -3.51. The zero-order valence-electron chi connectivity index (χ0n) is 14.1. The maximum Gasteiger partial charge on any atom is 0.179 e. The molecule has 2 heterocycles. The molecule has 1 aromatic carbocycles. The lowest BCUT2D eigenvalue weighted by Crippen LogP contribution is -2.38. The summed E-state index contributed by atoms with van der Waals surface area (Å²) in [6.45, 7) is 3.58. The second-order valence-corrected chi connectivity index (χ2v) is 9.22. The van der Waals surface area contributed by atoms with Crippen molar-refractivity contribution in [3.8, 4) is 0 Å². The van der Waals surface area contributed by atoms with Crippen LogP contribution >= 0.6 is 0 Å². The minimum absolute atomic E-state index is 0.102. The van der Waals surface area contributed by atoms with Crippen LogP contribution in [0.1, 0.15) is 30.9 Å². The summed E-state index contributed by atoms with van der Waals surface area (Å²) in [6.07, 6.45) is 2.93. The Labute approximate surface area is 142 Å². The van der Waals surface area contributed by atoms with E-state index in [0.29, 0.717) is 11.3 Å². The maximum absolute atomic E-state index is 12.8. The second kappa shape index (κ2) is 5.57. The van der Waals surface area contributed by atoms with Crippen molar-refractivity contribution in [3.63, 3.8) is 0 Å². The molecule has 1 aliphatic heterocycles. The van der Waals surface area contributed by atoms with Gasteiger partial charge in [-0.3, -0.25) is 0 Å². The molecule has 2 atom stereocenters. The number of rotatable bonds is 1. The van der Waals surface area contributed by atoms with Crippen LogP contribution in [0.5, 0.6) is 0 Å². The fraction of sp³-hybridized carbons (Fsp3) is 0.389. The molecule has 0 spiro atoms. The molecule has 0 bridgehead atoms. The van der Waals surface area contributed by atoms with Gasteiger partial charge in [0.15, 0.2) is 22.2 Å². The topological polar surface area (TPSA) is 84.3 Å². The molecule has 0 aliphatic carbocycles. The number of sulfone groups is 1. The molecule has 6 heteroatoms. The molecule has 0 saturated carbocycles. The van der Waals surface area contributed by atoms with E-state index in [1.807, 2.05) is 36.1 Å². The summed E-state index contributed by atoms with van der Waals surface area (Å²) in [4.78, 5) is 0.263. The fourth-order valence-corrected chi connectivity index (χ4v) is 5.58. The zero-order valence-corrected chi connectivity index (χ0v) is 14.9. The van der Waals surface area contributed by atoms with E-state index in [0.717, 1.165) is 5.56 Å². The lowest BCUT2D eigenvalue weighted by Gasteiger charge is -2.33. The van der Waals surface area contributed by atoms with Crippen LogP contribution in [0.25, 0.3) is 0 Å².